The standard InChI is InChI=1S/C22H27FN2O3/c1-15-13-17(3-8-20(15)24-16(2)26)21(27)14-25-11-9-22(28,10-12-25)18-4-6-19(23)7-5-18/h3-8,13,21,27-28H,9-12,14H2,1-2H3,(H,24,26)/t21-/m1/s1. The van der Waals surface area contributed by atoms with Crippen molar-refractivity contribution in [1.29, 1.82) is 0 Å². The fourth-order valence-corrected chi connectivity index (χ4v) is 3.73. The summed E-state index contributed by atoms with van der Waals surface area (Å²) in [4.78, 5) is 13.3. The van der Waals surface area contributed by atoms with Gasteiger partial charge in [-0.1, -0.05) is 24.3 Å². The Bertz CT molecular complexity index is 830. The minimum Gasteiger partial charge on any atom is -0.387 e. The van der Waals surface area contributed by atoms with Gasteiger partial charge >= 0.3 is 0 Å². The van der Waals surface area contributed by atoms with Crippen LogP contribution in [0.5, 0.6) is 0 Å². The molecule has 1 fully saturated rings. The van der Waals surface area contributed by atoms with Gasteiger partial charge in [0.15, 0.2) is 0 Å². The molecule has 1 amide bonds. The normalized spacial score (nSPS) is 17.9. The number of benzene rings is 2. The molecule has 1 aliphatic rings. The number of nitrogens with one attached hydrogen (secondary N) is 1. The number of hydrogen-bond acceptors (Lipinski definition) is 4. The van der Waals surface area contributed by atoms with Gasteiger partial charge in [-0.3, -0.25) is 4.79 Å². The van der Waals surface area contributed by atoms with Crippen LogP contribution in [-0.4, -0.2) is 40.7 Å². The smallest absolute Gasteiger partial charge is 0.221 e. The van der Waals surface area contributed by atoms with E-state index in [1.807, 2.05) is 19.1 Å². The lowest BCUT2D eigenvalue weighted by atomic mass is 9.84. The highest BCUT2D eigenvalue weighted by Crippen LogP contribution is 2.33. The van der Waals surface area contributed by atoms with E-state index in [0.29, 0.717) is 32.5 Å². The quantitative estimate of drug-likeness (QED) is 0.738. The highest BCUT2D eigenvalue weighted by Gasteiger charge is 2.34. The highest BCUT2D eigenvalue weighted by atomic mass is 19.1. The lowest BCUT2D eigenvalue weighted by Crippen LogP contribution is -2.44. The Labute approximate surface area is 164 Å². The van der Waals surface area contributed by atoms with Crippen LogP contribution in [0.4, 0.5) is 10.1 Å². The number of amides is 1. The number of anilines is 1. The molecule has 150 valence electrons. The Morgan fingerprint density at radius 1 is 1.21 bits per heavy atom. The number of carbonyl (C=O) groups excluding carboxylic acids is 1. The Morgan fingerprint density at radius 2 is 1.86 bits per heavy atom. The predicted octanol–water partition coefficient (Wildman–Crippen LogP) is 3.11. The van der Waals surface area contributed by atoms with Gasteiger partial charge < -0.3 is 20.4 Å². The molecule has 0 unspecified atom stereocenters. The summed E-state index contributed by atoms with van der Waals surface area (Å²) in [5.74, 6) is -0.439. The van der Waals surface area contributed by atoms with Crippen LogP contribution >= 0.6 is 0 Å². The van der Waals surface area contributed by atoms with Gasteiger partial charge in [-0.15, -0.1) is 0 Å². The van der Waals surface area contributed by atoms with E-state index in [-0.39, 0.29) is 11.7 Å². The number of nitrogens with zero attached hydrogens (tertiary/aromatic N) is 1. The van der Waals surface area contributed by atoms with Crippen molar-refractivity contribution in [2.45, 2.75) is 38.4 Å². The van der Waals surface area contributed by atoms with E-state index in [9.17, 15) is 19.4 Å². The van der Waals surface area contributed by atoms with E-state index < -0.39 is 11.7 Å². The third-order valence-corrected chi connectivity index (χ3v) is 5.44. The van der Waals surface area contributed by atoms with Crippen molar-refractivity contribution in [2.24, 2.45) is 0 Å². The van der Waals surface area contributed by atoms with Gasteiger partial charge in [-0.05, 0) is 54.7 Å². The zero-order valence-corrected chi connectivity index (χ0v) is 16.3. The molecule has 0 aliphatic carbocycles. The van der Waals surface area contributed by atoms with Crippen LogP contribution in [0.2, 0.25) is 0 Å². The molecule has 3 rings (SSSR count). The number of β-amino-alcohol motifs (C(OH)–C–C–N with tert-alkyl or cyclic N) is 1. The van der Waals surface area contributed by atoms with Crippen molar-refractivity contribution in [1.82, 2.24) is 4.90 Å². The number of carbonyl (C=O) groups is 1. The SMILES string of the molecule is CC(=O)Nc1ccc([C@H](O)CN2CCC(O)(c3ccc(F)cc3)CC2)cc1C. The number of hydrogen-bond donors (Lipinski definition) is 3. The number of aryl methyl sites for hydroxylation is 1. The highest BCUT2D eigenvalue weighted by molar-refractivity contribution is 5.89. The molecule has 28 heavy (non-hydrogen) atoms. The Morgan fingerprint density at radius 3 is 2.43 bits per heavy atom. The first-order valence-electron chi connectivity index (χ1n) is 9.54. The summed E-state index contributed by atoms with van der Waals surface area (Å²) < 4.78 is 13.1. The number of piperidine rings is 1. The third kappa shape index (κ3) is 4.76. The van der Waals surface area contributed by atoms with Crippen molar-refractivity contribution in [3.63, 3.8) is 0 Å². The van der Waals surface area contributed by atoms with E-state index >= 15 is 0 Å². The molecule has 2 aromatic rings. The average molecular weight is 386 g/mol. The van der Waals surface area contributed by atoms with Gasteiger partial charge in [0.1, 0.15) is 5.82 Å². The molecule has 6 heteroatoms. The first-order chi connectivity index (χ1) is 13.3. The predicted molar refractivity (Wildman–Crippen MR) is 106 cm³/mol. The van der Waals surface area contributed by atoms with Gasteiger partial charge in [0.2, 0.25) is 5.91 Å². The molecule has 0 spiro atoms. The van der Waals surface area contributed by atoms with Crippen molar-refractivity contribution >= 4 is 11.6 Å². The van der Waals surface area contributed by atoms with Crippen molar-refractivity contribution < 1.29 is 19.4 Å². The Hall–Kier alpha value is -2.28. The Balaban J connectivity index is 1.59. The van der Waals surface area contributed by atoms with Crippen molar-refractivity contribution in [3.05, 3.63) is 65.0 Å². The molecule has 2 aromatic carbocycles. The first kappa shape index (κ1) is 20.5. The van der Waals surface area contributed by atoms with E-state index in [2.05, 4.69) is 10.2 Å². The maximum absolute atomic E-state index is 13.1. The number of halogens is 1. The molecule has 0 aromatic heterocycles. The topological polar surface area (TPSA) is 72.8 Å². The summed E-state index contributed by atoms with van der Waals surface area (Å²) in [6.07, 6.45) is 0.416. The van der Waals surface area contributed by atoms with Gasteiger partial charge in [0.05, 0.1) is 11.7 Å². The molecule has 1 saturated heterocycles. The molecule has 1 heterocycles. The zero-order chi connectivity index (χ0) is 20.3. The van der Waals surface area contributed by atoms with E-state index in [1.165, 1.54) is 19.1 Å². The maximum atomic E-state index is 13.1. The van der Waals surface area contributed by atoms with Crippen LogP contribution in [0.15, 0.2) is 42.5 Å². The van der Waals surface area contributed by atoms with E-state index in [1.54, 1.807) is 18.2 Å². The van der Waals surface area contributed by atoms with Gasteiger partial charge in [-0.2, -0.15) is 0 Å². The molecule has 3 N–H and O–H groups in total. The lowest BCUT2D eigenvalue weighted by Gasteiger charge is -2.39. The molecule has 0 radical (unpaired) electrons. The van der Waals surface area contributed by atoms with Crippen LogP contribution in [-0.2, 0) is 10.4 Å². The third-order valence-electron chi connectivity index (χ3n) is 5.44. The van der Waals surface area contributed by atoms with Crippen LogP contribution in [0.3, 0.4) is 0 Å². The fraction of sp³-hybridized carbons (Fsp3) is 0.409. The monoisotopic (exact) mass is 386 g/mol. The molecule has 0 bridgehead atoms. The number of aliphatic hydroxyl groups is 2. The first-order valence-corrected chi connectivity index (χ1v) is 9.54. The Kier molecular flexibility index (Phi) is 6.13. The summed E-state index contributed by atoms with van der Waals surface area (Å²) in [6, 6.07) is 11.5. The lowest BCUT2D eigenvalue weighted by molar-refractivity contribution is -0.114. The van der Waals surface area contributed by atoms with Gasteiger partial charge in [0.25, 0.3) is 0 Å². The molecular formula is C22H27FN2O3. The summed E-state index contributed by atoms with van der Waals surface area (Å²) in [7, 11) is 0. The fourth-order valence-electron chi connectivity index (χ4n) is 3.73. The van der Waals surface area contributed by atoms with E-state index in [0.717, 1.165) is 22.4 Å². The van der Waals surface area contributed by atoms with Crippen LogP contribution in [0.1, 0.15) is 42.6 Å². The molecule has 1 aliphatic heterocycles. The minimum atomic E-state index is -0.953. The van der Waals surface area contributed by atoms with Gasteiger partial charge in [0, 0.05) is 32.2 Å². The second-order valence-electron chi connectivity index (χ2n) is 7.61. The van der Waals surface area contributed by atoms with E-state index in [4.69, 9.17) is 0 Å². The van der Waals surface area contributed by atoms with Gasteiger partial charge in [-0.25, -0.2) is 4.39 Å². The average Bonchev–Trinajstić information content (AvgIpc) is 2.65. The van der Waals surface area contributed by atoms with Crippen LogP contribution in [0, 0.1) is 12.7 Å². The van der Waals surface area contributed by atoms with Crippen molar-refractivity contribution in [3.8, 4) is 0 Å². The summed E-state index contributed by atoms with van der Waals surface area (Å²) in [5, 5.41) is 24.3. The zero-order valence-electron chi connectivity index (χ0n) is 16.3. The van der Waals surface area contributed by atoms with Crippen LogP contribution in [0.25, 0.3) is 0 Å². The number of likely N-dealkylation sites (tertiary alicyclic amines) is 1. The second-order valence-corrected chi connectivity index (χ2v) is 7.61. The molecule has 0 saturated carbocycles. The molecule has 1 atom stereocenters. The molecular weight excluding hydrogens is 359 g/mol. The number of rotatable bonds is 5. The number of aliphatic hydroxyl groups excluding tert-OH is 1. The second kappa shape index (κ2) is 8.39. The molecule has 5 nitrogen and oxygen atoms in total. The maximum Gasteiger partial charge on any atom is 0.221 e. The van der Waals surface area contributed by atoms with Crippen molar-refractivity contribution in [2.75, 3.05) is 25.0 Å². The largest absolute Gasteiger partial charge is 0.387 e. The van der Waals surface area contributed by atoms with Crippen LogP contribution < -0.4 is 5.32 Å². The summed E-state index contributed by atoms with van der Waals surface area (Å²) in [6.45, 7) is 5.12. The summed E-state index contributed by atoms with van der Waals surface area (Å²) >= 11 is 0. The minimum absolute atomic E-state index is 0.127. The summed E-state index contributed by atoms with van der Waals surface area (Å²) in [5.41, 5.74) is 2.22.